The Morgan fingerprint density at radius 1 is 0.635 bits per heavy atom. The van der Waals surface area contributed by atoms with Gasteiger partial charge in [-0.2, -0.15) is 26.3 Å². The van der Waals surface area contributed by atoms with Crippen LogP contribution in [0.5, 0.6) is 23.0 Å². The number of imidazole rings is 1. The Labute approximate surface area is 484 Å². The predicted molar refractivity (Wildman–Crippen MR) is 297 cm³/mol. The number of halogens is 6. The first-order valence-corrected chi connectivity index (χ1v) is 26.7. The first-order valence-electron chi connectivity index (χ1n) is 26.7. The van der Waals surface area contributed by atoms with Gasteiger partial charge in [-0.05, 0) is 113 Å². The highest BCUT2D eigenvalue weighted by Crippen LogP contribution is 2.41. The van der Waals surface area contributed by atoms with E-state index in [1.165, 1.54) is 33.7 Å². The van der Waals surface area contributed by atoms with Gasteiger partial charge in [-0.25, -0.2) is 4.98 Å². The fourth-order valence-electron chi connectivity index (χ4n) is 10.0. The van der Waals surface area contributed by atoms with Crippen LogP contribution in [0.25, 0.3) is 21.5 Å². The number of rotatable bonds is 26. The van der Waals surface area contributed by atoms with E-state index < -0.39 is 78.4 Å². The summed E-state index contributed by atoms with van der Waals surface area (Å²) >= 11 is 0. The lowest BCUT2D eigenvalue weighted by molar-refractivity contribution is -0.304. The van der Waals surface area contributed by atoms with Crippen LogP contribution in [0, 0.1) is 0 Å². The number of fused-ring (bicyclic) bond motifs is 1. The summed E-state index contributed by atoms with van der Waals surface area (Å²) < 4.78 is 156. The molecule has 9 atom stereocenters. The van der Waals surface area contributed by atoms with Gasteiger partial charge in [-0.15, -0.1) is 0 Å². The van der Waals surface area contributed by atoms with E-state index in [9.17, 15) is 36.7 Å². The molecule has 7 aromatic rings. The highest BCUT2D eigenvalue weighted by atomic mass is 19.4. The highest BCUT2D eigenvalue weighted by molar-refractivity contribution is 5.81. The van der Waals surface area contributed by atoms with Gasteiger partial charge in [0.25, 0.3) is 0 Å². The summed E-state index contributed by atoms with van der Waals surface area (Å²) in [4.78, 5) is 19.8. The molecule has 25 heteroatoms. The van der Waals surface area contributed by atoms with Crippen LogP contribution in [0.15, 0.2) is 145 Å². The number of hydrogen-bond acceptors (Lipinski definition) is 15. The maximum atomic E-state index is 14.4. The van der Waals surface area contributed by atoms with Crippen LogP contribution in [-0.2, 0) is 76.7 Å². The van der Waals surface area contributed by atoms with Crippen LogP contribution in [0.4, 0.5) is 37.7 Å². The van der Waals surface area contributed by atoms with E-state index in [4.69, 9.17) is 52.1 Å². The number of nitrogens with one attached hydrogen (secondary N) is 2. The summed E-state index contributed by atoms with van der Waals surface area (Å²) in [5.74, 6) is 2.39. The second-order valence-corrected chi connectivity index (χ2v) is 19.8. The van der Waals surface area contributed by atoms with Crippen molar-refractivity contribution in [2.45, 2.75) is 93.7 Å². The van der Waals surface area contributed by atoms with Gasteiger partial charge in [-0.1, -0.05) is 53.6 Å². The molecule has 0 aliphatic carbocycles. The molecule has 0 spiro atoms. The van der Waals surface area contributed by atoms with Crippen molar-refractivity contribution >= 4 is 28.8 Å². The number of carbonyl (C=O) groups is 1. The van der Waals surface area contributed by atoms with Crippen molar-refractivity contribution in [3.63, 3.8) is 0 Å². The van der Waals surface area contributed by atoms with Crippen LogP contribution in [0.1, 0.15) is 39.4 Å². The molecule has 19 nitrogen and oxygen atoms in total. The molecule has 3 heterocycles. The smallest absolute Gasteiger partial charge is 0.416 e. The van der Waals surface area contributed by atoms with Gasteiger partial charge in [0.1, 0.15) is 47.4 Å². The lowest BCUT2D eigenvalue weighted by Gasteiger charge is -2.49. The molecule has 2 aliphatic heterocycles. The minimum atomic E-state index is -4.82. The zero-order chi connectivity index (χ0) is 60.1. The molecule has 85 heavy (non-hydrogen) atoms. The Hall–Kier alpha value is -8.13. The highest BCUT2D eigenvalue weighted by Gasteiger charge is 2.52. The number of amides is 1. The average Bonchev–Trinajstić information content (AvgIpc) is 3.19. The predicted octanol–water partition coefficient (Wildman–Crippen LogP) is 11.5. The van der Waals surface area contributed by atoms with Crippen molar-refractivity contribution in [1.29, 1.82) is 0 Å². The second kappa shape index (κ2) is 28.2. The number of ether oxygens (including phenoxy) is 11. The van der Waals surface area contributed by atoms with Gasteiger partial charge in [0.05, 0.1) is 139 Å². The van der Waals surface area contributed by atoms with E-state index in [0.717, 1.165) is 41.5 Å². The average molecular weight is 1190 g/mol. The Morgan fingerprint density at radius 2 is 1.13 bits per heavy atom. The zero-order valence-electron chi connectivity index (χ0n) is 46.4. The molecule has 0 saturated carbocycles. The lowest BCUT2D eigenvalue weighted by atomic mass is 9.93. The van der Waals surface area contributed by atoms with Crippen LogP contribution < -0.4 is 29.6 Å². The third kappa shape index (κ3) is 15.4. The topological polar surface area (TPSA) is 209 Å². The Kier molecular flexibility index (Phi) is 20.4. The number of azide groups is 1. The van der Waals surface area contributed by atoms with Gasteiger partial charge in [0.2, 0.25) is 6.41 Å². The lowest BCUT2D eigenvalue weighted by Crippen LogP contribution is -2.65. The number of aromatic nitrogens is 2. The molecule has 0 bridgehead atoms. The SMILES string of the molecule is COc1ccc(COCC2OCC(n3cnc4cc(C(F)(F)F)ccc43)[C@@H](O[C@@H]3OC(COCc4ccc(OC)cc4)[C@H](OCc4ccc(OC)cc4)[C@H](OCc4ccc(OC)cc4)C3Nc3ccc(C(F)(F)F)cc3NC=O)[C@H]2N=[N+]=[N-])cc1. The van der Waals surface area contributed by atoms with Crippen LogP contribution >= 0.6 is 0 Å². The minimum absolute atomic E-state index is 0.0252. The Bertz CT molecular complexity index is 3340. The third-order valence-corrected chi connectivity index (χ3v) is 14.5. The van der Waals surface area contributed by atoms with Crippen molar-refractivity contribution in [2.24, 2.45) is 5.11 Å². The summed E-state index contributed by atoms with van der Waals surface area (Å²) in [6.45, 7) is -0.590. The van der Waals surface area contributed by atoms with Crippen molar-refractivity contribution in [3.05, 3.63) is 184 Å². The molecule has 1 amide bonds. The summed E-state index contributed by atoms with van der Waals surface area (Å²) in [6.07, 6.45) is -15.4. The quantitative estimate of drug-likeness (QED) is 0.0170. The number of hydrogen-bond donors (Lipinski definition) is 2. The van der Waals surface area contributed by atoms with Crippen molar-refractivity contribution in [2.75, 3.05) is 58.9 Å². The number of benzene rings is 6. The second-order valence-electron chi connectivity index (χ2n) is 19.8. The fourth-order valence-corrected chi connectivity index (χ4v) is 10.0. The molecule has 2 saturated heterocycles. The van der Waals surface area contributed by atoms with E-state index in [2.05, 4.69) is 25.6 Å². The maximum Gasteiger partial charge on any atom is 0.416 e. The van der Waals surface area contributed by atoms with Gasteiger partial charge in [-0.3, -0.25) is 4.79 Å². The molecule has 2 aliphatic rings. The Morgan fingerprint density at radius 3 is 1.64 bits per heavy atom. The van der Waals surface area contributed by atoms with Gasteiger partial charge >= 0.3 is 12.4 Å². The monoisotopic (exact) mass is 1190 g/mol. The molecule has 2 N–H and O–H groups in total. The fraction of sp³-hybridized carbons (Fsp3) is 0.367. The third-order valence-electron chi connectivity index (χ3n) is 14.5. The molecule has 6 aromatic carbocycles. The summed E-state index contributed by atoms with van der Waals surface area (Å²) in [5, 5.41) is 9.95. The van der Waals surface area contributed by atoms with Crippen molar-refractivity contribution < 1.29 is 83.2 Å². The van der Waals surface area contributed by atoms with E-state index in [0.29, 0.717) is 34.1 Å². The normalized spacial score (nSPS) is 21.6. The zero-order valence-corrected chi connectivity index (χ0v) is 46.4. The summed E-state index contributed by atoms with van der Waals surface area (Å²) in [6, 6.07) is 30.6. The standard InChI is InChI=1S/C60H61F6N7O12/c1-75-42-15-5-36(6-16-42)27-79-32-51-53(71-72-67)55(50(31-81-51)73-34-68-48-26-41(60(64,65)66)14-24-49(48)73)85-58-54(70-46-23-13-40(59(61,62)63)25-47(46)69-35-74)57(83-30-39-11-21-45(78-4)22-12-39)56(82-29-38-9-19-44(77-3)20-10-38)52(84-58)33-80-28-37-7-17-43(76-2)18-8-37/h5-26,34-35,50-58,70H,27-33H2,1-4H3,(H,69,74)/t50?,51?,52?,53-,54?,55+,56-,57+,58-/m0/s1. The summed E-state index contributed by atoms with van der Waals surface area (Å²) in [7, 11) is 6.14. The number of nitrogens with zero attached hydrogens (tertiary/aromatic N) is 5. The number of anilines is 2. The first kappa shape index (κ1) is 61.4. The molecule has 9 rings (SSSR count). The largest absolute Gasteiger partial charge is 0.497 e. The van der Waals surface area contributed by atoms with Gasteiger partial charge in [0, 0.05) is 4.91 Å². The number of carbonyl (C=O) groups excluding carboxylic acids is 1. The van der Waals surface area contributed by atoms with Crippen LogP contribution in [0.3, 0.4) is 0 Å². The maximum absolute atomic E-state index is 14.4. The van der Waals surface area contributed by atoms with Crippen LogP contribution in [-0.4, -0.2) is 113 Å². The van der Waals surface area contributed by atoms with Crippen molar-refractivity contribution in [3.8, 4) is 23.0 Å². The molecular weight excluding hydrogens is 1120 g/mol. The Balaban J connectivity index is 1.18. The first-order chi connectivity index (χ1) is 41.1. The molecule has 450 valence electrons. The minimum Gasteiger partial charge on any atom is -0.497 e. The molecular formula is C60H61F6N7O12. The number of methoxy groups -OCH3 is 4. The van der Waals surface area contributed by atoms with Crippen LogP contribution in [0.2, 0.25) is 0 Å². The van der Waals surface area contributed by atoms with Gasteiger partial charge in [0.15, 0.2) is 6.29 Å². The van der Waals surface area contributed by atoms with Gasteiger partial charge < -0.3 is 67.3 Å². The van der Waals surface area contributed by atoms with Crippen molar-refractivity contribution in [1.82, 2.24) is 9.55 Å². The van der Waals surface area contributed by atoms with E-state index in [-0.39, 0.29) is 75.1 Å². The molecule has 2 fully saturated rings. The molecule has 0 radical (unpaired) electrons. The van der Waals surface area contributed by atoms with E-state index >= 15 is 0 Å². The van der Waals surface area contributed by atoms with E-state index in [1.807, 2.05) is 12.1 Å². The summed E-state index contributed by atoms with van der Waals surface area (Å²) in [5.41, 5.74) is 11.1. The van der Waals surface area contributed by atoms with E-state index in [1.54, 1.807) is 96.6 Å². The molecule has 4 unspecified atom stereocenters. The number of alkyl halides is 6. The molecule has 1 aromatic heterocycles.